The van der Waals surface area contributed by atoms with E-state index in [1.165, 1.54) is 25.7 Å². The zero-order chi connectivity index (χ0) is 18.6. The molecule has 2 rings (SSSR count). The number of carbonyl (C=O) groups is 1. The summed E-state index contributed by atoms with van der Waals surface area (Å²) in [4.78, 5) is 11.8. The highest BCUT2D eigenvalue weighted by Gasteiger charge is 2.32. The van der Waals surface area contributed by atoms with Crippen LogP contribution in [-0.2, 0) is 4.74 Å². The molecule has 1 aliphatic heterocycles. The summed E-state index contributed by atoms with van der Waals surface area (Å²) in [5.74, 6) is 0.488. The second kappa shape index (κ2) is 7.74. The molecule has 0 radical (unpaired) electrons. The van der Waals surface area contributed by atoms with E-state index in [-0.39, 0.29) is 23.9 Å². The molecule has 1 aromatic rings. The van der Waals surface area contributed by atoms with Gasteiger partial charge in [0.15, 0.2) is 24.1 Å². The zero-order valence-corrected chi connectivity index (χ0v) is 15.5. The fourth-order valence-corrected chi connectivity index (χ4v) is 2.72. The molecule has 0 fully saturated rings. The van der Waals surface area contributed by atoms with Crippen molar-refractivity contribution >= 4 is 11.9 Å². The summed E-state index contributed by atoms with van der Waals surface area (Å²) >= 11 is 0. The lowest BCUT2D eigenvalue weighted by molar-refractivity contribution is 0.0436. The highest BCUT2D eigenvalue weighted by molar-refractivity contribution is 5.99. The van der Waals surface area contributed by atoms with Gasteiger partial charge in [0.05, 0.1) is 11.1 Å². The number of ketones is 1. The molecule has 0 amide bonds. The van der Waals surface area contributed by atoms with Crippen LogP contribution in [0.2, 0.25) is 0 Å². The summed E-state index contributed by atoms with van der Waals surface area (Å²) in [6.07, 6.45) is 7.54. The van der Waals surface area contributed by atoms with Crippen molar-refractivity contribution in [1.82, 2.24) is 0 Å². The Kier molecular flexibility index (Phi) is 5.90. The molecule has 25 heavy (non-hydrogen) atoms. The van der Waals surface area contributed by atoms with Crippen LogP contribution >= 0.6 is 0 Å². The van der Waals surface area contributed by atoms with Crippen LogP contribution in [0.15, 0.2) is 23.8 Å². The Labute approximate surface area is 148 Å². The van der Waals surface area contributed by atoms with E-state index in [4.69, 9.17) is 14.2 Å². The molecule has 1 aliphatic rings. The highest BCUT2D eigenvalue weighted by atomic mass is 16.7. The molecular weight excluding hydrogens is 320 g/mol. The third-order valence-electron chi connectivity index (χ3n) is 4.10. The molecule has 1 aromatic carbocycles. The van der Waals surface area contributed by atoms with Crippen LogP contribution in [-0.4, -0.2) is 30.4 Å². The molecule has 136 valence electrons. The molecule has 0 saturated carbocycles. The van der Waals surface area contributed by atoms with Crippen molar-refractivity contribution in [2.24, 2.45) is 0 Å². The molecule has 5 nitrogen and oxygen atoms in total. The Hall–Kier alpha value is -2.27. The first-order chi connectivity index (χ1) is 11.8. The maximum absolute atomic E-state index is 11.8. The van der Waals surface area contributed by atoms with Crippen LogP contribution in [0.25, 0.3) is 6.08 Å². The standard InChI is InChI=1S/C20H26O5/c1-13(2)7-6-9-20(4)10-8-15-18(22)16(14(3)21)11-17(19(15)25-20)24-12-23-5/h7-8,10-11,22H,6,9,12H2,1-5H3. The number of carbonyl (C=O) groups excluding carboxylic acids is 1. The summed E-state index contributed by atoms with van der Waals surface area (Å²) in [6.45, 7) is 7.54. The Bertz CT molecular complexity index is 713. The first kappa shape index (κ1) is 19.1. The van der Waals surface area contributed by atoms with Gasteiger partial charge in [-0.15, -0.1) is 0 Å². The van der Waals surface area contributed by atoms with E-state index in [0.29, 0.717) is 17.1 Å². The number of methoxy groups -OCH3 is 1. The number of phenols is 1. The number of hydrogen-bond acceptors (Lipinski definition) is 5. The number of benzene rings is 1. The second-order valence-corrected chi connectivity index (χ2v) is 6.69. The first-order valence-electron chi connectivity index (χ1n) is 8.31. The number of allylic oxidation sites excluding steroid dienone is 2. The number of fused-ring (bicyclic) bond motifs is 1. The van der Waals surface area contributed by atoms with E-state index < -0.39 is 5.60 Å². The number of Topliss-reactive ketones (excluding diaryl/α,β-unsaturated/α-hetero) is 1. The van der Waals surface area contributed by atoms with Gasteiger partial charge in [-0.25, -0.2) is 0 Å². The molecule has 1 atom stereocenters. The zero-order valence-electron chi connectivity index (χ0n) is 15.5. The minimum atomic E-state index is -0.520. The first-order valence-corrected chi connectivity index (χ1v) is 8.31. The molecule has 1 unspecified atom stereocenters. The number of ether oxygens (including phenoxy) is 3. The molecule has 0 aliphatic carbocycles. The Morgan fingerprint density at radius 3 is 2.68 bits per heavy atom. The van der Waals surface area contributed by atoms with Gasteiger partial charge in [0, 0.05) is 7.11 Å². The number of phenolic OH excluding ortho intramolecular Hbond substituents is 1. The van der Waals surface area contributed by atoms with Crippen LogP contribution < -0.4 is 9.47 Å². The molecule has 5 heteroatoms. The maximum Gasteiger partial charge on any atom is 0.188 e. The largest absolute Gasteiger partial charge is 0.506 e. The van der Waals surface area contributed by atoms with Gasteiger partial charge in [0.2, 0.25) is 0 Å². The van der Waals surface area contributed by atoms with Gasteiger partial charge in [0.25, 0.3) is 0 Å². The summed E-state index contributed by atoms with van der Waals surface area (Å²) < 4.78 is 16.7. The van der Waals surface area contributed by atoms with Crippen molar-refractivity contribution in [2.45, 2.75) is 46.1 Å². The van der Waals surface area contributed by atoms with Crippen LogP contribution in [0.5, 0.6) is 17.2 Å². The fourth-order valence-electron chi connectivity index (χ4n) is 2.72. The molecule has 1 N–H and O–H groups in total. The average Bonchev–Trinajstić information content (AvgIpc) is 2.53. The van der Waals surface area contributed by atoms with E-state index in [0.717, 1.165) is 12.8 Å². The molecule has 0 bridgehead atoms. The van der Waals surface area contributed by atoms with Gasteiger partial charge >= 0.3 is 0 Å². The molecule has 0 spiro atoms. The van der Waals surface area contributed by atoms with Crippen LogP contribution in [0, 0.1) is 0 Å². The topological polar surface area (TPSA) is 65.0 Å². The third-order valence-corrected chi connectivity index (χ3v) is 4.10. The van der Waals surface area contributed by atoms with Gasteiger partial charge in [-0.1, -0.05) is 11.6 Å². The van der Waals surface area contributed by atoms with Crippen LogP contribution in [0.1, 0.15) is 56.5 Å². The summed E-state index contributed by atoms with van der Waals surface area (Å²) in [5.41, 5.74) is 1.40. The van der Waals surface area contributed by atoms with Crippen LogP contribution in [0.3, 0.4) is 0 Å². The van der Waals surface area contributed by atoms with Gasteiger partial charge in [0.1, 0.15) is 11.4 Å². The lowest BCUT2D eigenvalue weighted by Gasteiger charge is -2.33. The Morgan fingerprint density at radius 1 is 1.36 bits per heavy atom. The highest BCUT2D eigenvalue weighted by Crippen LogP contribution is 2.46. The van der Waals surface area contributed by atoms with Gasteiger partial charge in [-0.3, -0.25) is 4.79 Å². The SMILES string of the molecule is COCOc1cc(C(C)=O)c(O)c2c1OC(C)(CCC=C(C)C)C=C2. The predicted molar refractivity (Wildman–Crippen MR) is 97.3 cm³/mol. The number of rotatable bonds is 7. The number of aromatic hydroxyl groups is 1. The van der Waals surface area contributed by atoms with E-state index in [1.54, 1.807) is 6.08 Å². The van der Waals surface area contributed by atoms with Crippen molar-refractivity contribution in [2.75, 3.05) is 13.9 Å². The van der Waals surface area contributed by atoms with E-state index in [9.17, 15) is 9.90 Å². The fraction of sp³-hybridized carbons (Fsp3) is 0.450. The van der Waals surface area contributed by atoms with Gasteiger partial charge < -0.3 is 19.3 Å². The Morgan fingerprint density at radius 2 is 2.08 bits per heavy atom. The maximum atomic E-state index is 11.8. The Balaban J connectivity index is 2.41. The van der Waals surface area contributed by atoms with E-state index in [1.807, 2.05) is 13.0 Å². The molecular formula is C20H26O5. The second-order valence-electron chi connectivity index (χ2n) is 6.69. The summed E-state index contributed by atoms with van der Waals surface area (Å²) in [7, 11) is 1.52. The molecule has 1 heterocycles. The van der Waals surface area contributed by atoms with E-state index in [2.05, 4.69) is 19.9 Å². The van der Waals surface area contributed by atoms with Gasteiger partial charge in [-0.05, 0) is 58.8 Å². The van der Waals surface area contributed by atoms with Gasteiger partial charge in [-0.2, -0.15) is 0 Å². The van der Waals surface area contributed by atoms with Crippen molar-refractivity contribution in [3.05, 3.63) is 34.9 Å². The third kappa shape index (κ3) is 4.42. The van der Waals surface area contributed by atoms with Crippen molar-refractivity contribution in [3.63, 3.8) is 0 Å². The van der Waals surface area contributed by atoms with Crippen molar-refractivity contribution in [1.29, 1.82) is 0 Å². The minimum Gasteiger partial charge on any atom is -0.506 e. The normalized spacial score (nSPS) is 18.3. The predicted octanol–water partition coefficient (Wildman–Crippen LogP) is 4.49. The summed E-state index contributed by atoms with van der Waals surface area (Å²) in [5, 5.41) is 10.4. The van der Waals surface area contributed by atoms with Crippen molar-refractivity contribution in [3.8, 4) is 17.2 Å². The van der Waals surface area contributed by atoms with E-state index >= 15 is 0 Å². The molecule has 0 saturated heterocycles. The smallest absolute Gasteiger partial charge is 0.188 e. The minimum absolute atomic E-state index is 0.0239. The lowest BCUT2D eigenvalue weighted by Crippen LogP contribution is -2.32. The number of hydrogen-bond donors (Lipinski definition) is 1. The van der Waals surface area contributed by atoms with Crippen molar-refractivity contribution < 1.29 is 24.1 Å². The quantitative estimate of drug-likeness (QED) is 0.448. The lowest BCUT2D eigenvalue weighted by atomic mass is 9.93. The average molecular weight is 346 g/mol. The summed E-state index contributed by atoms with van der Waals surface area (Å²) in [6, 6.07) is 1.51. The monoisotopic (exact) mass is 346 g/mol. The molecule has 0 aromatic heterocycles. The van der Waals surface area contributed by atoms with Crippen LogP contribution in [0.4, 0.5) is 0 Å².